The van der Waals surface area contributed by atoms with Gasteiger partial charge in [0, 0.05) is 18.8 Å². The van der Waals surface area contributed by atoms with E-state index in [0.717, 1.165) is 45.6 Å². The molecule has 1 saturated heterocycles. The molecule has 0 aromatic heterocycles. The van der Waals surface area contributed by atoms with Crippen molar-refractivity contribution in [2.45, 2.75) is 25.7 Å². The van der Waals surface area contributed by atoms with Crippen LogP contribution in [-0.2, 0) is 11.2 Å². The van der Waals surface area contributed by atoms with Crippen LogP contribution in [0.4, 0.5) is 5.69 Å². The monoisotopic (exact) mass is 271 g/mol. The molecule has 0 spiro atoms. The predicted molar refractivity (Wildman–Crippen MR) is 86.4 cm³/mol. The molecule has 1 aromatic carbocycles. The molecule has 1 heterocycles. The molecule has 0 radical (unpaired) electrons. The Morgan fingerprint density at radius 1 is 1.05 bits per heavy atom. The number of hydrogen-bond donors (Lipinski definition) is 0. The summed E-state index contributed by atoms with van der Waals surface area (Å²) < 4.78 is 5.38. The number of rotatable bonds is 7. The summed E-state index contributed by atoms with van der Waals surface area (Å²) in [5.41, 5.74) is 2.69. The molecule has 1 aromatic rings. The molecular weight excluding hydrogens is 246 g/mol. The van der Waals surface area contributed by atoms with Gasteiger partial charge in [-0.05, 0) is 43.4 Å². The Kier molecular flexibility index (Phi) is 6.39. The van der Waals surface area contributed by atoms with Crippen LogP contribution >= 0.6 is 0 Å². The van der Waals surface area contributed by atoms with Crippen LogP contribution in [0.1, 0.15) is 24.8 Å². The van der Waals surface area contributed by atoms with Crippen molar-refractivity contribution in [2.75, 3.05) is 31.2 Å². The number of nitrogens with zero attached hydrogens (tertiary/aromatic N) is 1. The Balaban J connectivity index is 1.77. The van der Waals surface area contributed by atoms with E-state index in [4.69, 9.17) is 4.74 Å². The van der Waals surface area contributed by atoms with Crippen LogP contribution in [-0.4, -0.2) is 26.3 Å². The summed E-state index contributed by atoms with van der Waals surface area (Å²) in [4.78, 5) is 2.39. The average Bonchev–Trinajstić information content (AvgIpc) is 2.52. The van der Waals surface area contributed by atoms with Crippen LogP contribution in [0, 0.1) is 0 Å². The van der Waals surface area contributed by atoms with Crippen molar-refractivity contribution in [3.8, 4) is 0 Å². The third-order valence-corrected chi connectivity index (χ3v) is 3.61. The van der Waals surface area contributed by atoms with Crippen LogP contribution in [0.5, 0.6) is 0 Å². The first kappa shape index (κ1) is 14.9. The van der Waals surface area contributed by atoms with Crippen molar-refractivity contribution >= 4 is 5.69 Å². The van der Waals surface area contributed by atoms with Gasteiger partial charge in [0.15, 0.2) is 0 Å². The number of allylic oxidation sites excluding steroid dienone is 3. The van der Waals surface area contributed by atoms with Gasteiger partial charge < -0.3 is 9.64 Å². The van der Waals surface area contributed by atoms with Crippen LogP contribution in [0.15, 0.2) is 49.1 Å². The van der Waals surface area contributed by atoms with Crippen LogP contribution in [0.25, 0.3) is 0 Å². The highest BCUT2D eigenvalue weighted by Gasteiger charge is 2.10. The summed E-state index contributed by atoms with van der Waals surface area (Å²) in [6, 6.07) is 8.93. The summed E-state index contributed by atoms with van der Waals surface area (Å²) in [5.74, 6) is 0. The van der Waals surface area contributed by atoms with E-state index in [1.807, 2.05) is 6.08 Å². The lowest BCUT2D eigenvalue weighted by atomic mass is 10.1. The Morgan fingerprint density at radius 3 is 2.50 bits per heavy atom. The summed E-state index contributed by atoms with van der Waals surface area (Å²) in [6.45, 7) is 7.43. The highest BCUT2D eigenvalue weighted by Crippen LogP contribution is 2.17. The summed E-state index contributed by atoms with van der Waals surface area (Å²) in [5, 5.41) is 0. The second kappa shape index (κ2) is 8.60. The summed E-state index contributed by atoms with van der Waals surface area (Å²) in [7, 11) is 0. The molecule has 1 fully saturated rings. The zero-order valence-electron chi connectivity index (χ0n) is 12.3. The minimum atomic E-state index is 0.842. The van der Waals surface area contributed by atoms with E-state index < -0.39 is 0 Å². The molecule has 0 unspecified atom stereocenters. The molecule has 0 atom stereocenters. The maximum Gasteiger partial charge on any atom is 0.0642 e. The van der Waals surface area contributed by atoms with E-state index in [9.17, 15) is 0 Å². The maximum absolute atomic E-state index is 5.38. The van der Waals surface area contributed by atoms with Gasteiger partial charge >= 0.3 is 0 Å². The Hall–Kier alpha value is -1.54. The molecule has 20 heavy (non-hydrogen) atoms. The Labute approximate surface area is 122 Å². The van der Waals surface area contributed by atoms with E-state index >= 15 is 0 Å². The van der Waals surface area contributed by atoms with Gasteiger partial charge in [-0.15, -0.1) is 6.58 Å². The highest BCUT2D eigenvalue weighted by molar-refractivity contribution is 5.48. The van der Waals surface area contributed by atoms with E-state index in [0.29, 0.717) is 0 Å². The second-order valence-electron chi connectivity index (χ2n) is 5.16. The third-order valence-electron chi connectivity index (χ3n) is 3.61. The van der Waals surface area contributed by atoms with Crippen molar-refractivity contribution in [1.29, 1.82) is 0 Å². The lowest BCUT2D eigenvalue weighted by molar-refractivity contribution is 0.122. The Morgan fingerprint density at radius 2 is 1.80 bits per heavy atom. The van der Waals surface area contributed by atoms with Gasteiger partial charge in [0.25, 0.3) is 0 Å². The fraction of sp³-hybridized carbons (Fsp3) is 0.444. The number of unbranched alkanes of at least 4 members (excludes halogenated alkanes) is 2. The van der Waals surface area contributed by atoms with Gasteiger partial charge in [0.2, 0.25) is 0 Å². The lowest BCUT2D eigenvalue weighted by Gasteiger charge is -2.28. The molecule has 1 aliphatic heterocycles. The van der Waals surface area contributed by atoms with Crippen molar-refractivity contribution in [1.82, 2.24) is 0 Å². The van der Waals surface area contributed by atoms with Crippen LogP contribution in [0.2, 0.25) is 0 Å². The van der Waals surface area contributed by atoms with Gasteiger partial charge in [-0.1, -0.05) is 30.4 Å². The first-order valence-corrected chi connectivity index (χ1v) is 7.57. The number of morpholine rings is 1. The molecule has 2 rings (SSSR count). The number of anilines is 1. The minimum absolute atomic E-state index is 0.842. The van der Waals surface area contributed by atoms with E-state index in [-0.39, 0.29) is 0 Å². The van der Waals surface area contributed by atoms with Crippen molar-refractivity contribution in [3.63, 3.8) is 0 Å². The molecule has 0 bridgehead atoms. The highest BCUT2D eigenvalue weighted by atomic mass is 16.5. The molecule has 108 valence electrons. The van der Waals surface area contributed by atoms with Crippen molar-refractivity contribution in [3.05, 3.63) is 54.6 Å². The fourth-order valence-corrected chi connectivity index (χ4v) is 2.38. The van der Waals surface area contributed by atoms with E-state index in [1.165, 1.54) is 17.7 Å². The lowest BCUT2D eigenvalue weighted by Crippen LogP contribution is -2.36. The number of benzene rings is 1. The largest absolute Gasteiger partial charge is 0.378 e. The second-order valence-corrected chi connectivity index (χ2v) is 5.16. The molecule has 0 aliphatic carbocycles. The minimum Gasteiger partial charge on any atom is -0.378 e. The van der Waals surface area contributed by atoms with E-state index in [1.54, 1.807) is 0 Å². The molecule has 2 heteroatoms. The van der Waals surface area contributed by atoms with Gasteiger partial charge in [-0.2, -0.15) is 0 Å². The molecule has 0 amide bonds. The standard InChI is InChI=1S/C18H25NO/c1-2-3-4-5-6-7-8-17-9-11-18(12-10-17)19-13-15-20-16-14-19/h2,6-7,9-12H,1,3-5,8,13-16H2. The zero-order chi connectivity index (χ0) is 14.0. The normalized spacial score (nSPS) is 15.7. The smallest absolute Gasteiger partial charge is 0.0642 e. The first-order chi connectivity index (χ1) is 9.90. The number of hydrogen-bond acceptors (Lipinski definition) is 2. The van der Waals surface area contributed by atoms with E-state index in [2.05, 4.69) is 47.9 Å². The zero-order valence-corrected chi connectivity index (χ0v) is 12.3. The molecule has 0 N–H and O–H groups in total. The first-order valence-electron chi connectivity index (χ1n) is 7.57. The van der Waals surface area contributed by atoms with Gasteiger partial charge in [-0.25, -0.2) is 0 Å². The van der Waals surface area contributed by atoms with Crippen molar-refractivity contribution in [2.24, 2.45) is 0 Å². The molecule has 2 nitrogen and oxygen atoms in total. The fourth-order valence-electron chi connectivity index (χ4n) is 2.38. The third kappa shape index (κ3) is 4.86. The molecule has 0 saturated carbocycles. The topological polar surface area (TPSA) is 12.5 Å². The van der Waals surface area contributed by atoms with Crippen LogP contribution in [0.3, 0.4) is 0 Å². The molecular formula is C18H25NO. The van der Waals surface area contributed by atoms with Gasteiger partial charge in [0.1, 0.15) is 0 Å². The van der Waals surface area contributed by atoms with Gasteiger partial charge in [-0.3, -0.25) is 0 Å². The maximum atomic E-state index is 5.38. The summed E-state index contributed by atoms with van der Waals surface area (Å²) >= 11 is 0. The number of ether oxygens (including phenoxy) is 1. The molecule has 1 aliphatic rings. The van der Waals surface area contributed by atoms with Gasteiger partial charge in [0.05, 0.1) is 13.2 Å². The predicted octanol–water partition coefficient (Wildman–Crippen LogP) is 3.98. The summed E-state index contributed by atoms with van der Waals surface area (Å²) in [6.07, 6.45) is 11.0. The Bertz CT molecular complexity index is 416. The van der Waals surface area contributed by atoms with Crippen molar-refractivity contribution < 1.29 is 4.74 Å². The SMILES string of the molecule is C=CCCCC=CCc1ccc(N2CCOCC2)cc1. The quantitative estimate of drug-likeness (QED) is 0.549. The van der Waals surface area contributed by atoms with Crippen LogP contribution < -0.4 is 4.90 Å². The average molecular weight is 271 g/mol.